The average molecular weight is 393 g/mol. The molecule has 3 heteroatoms. The van der Waals surface area contributed by atoms with Gasteiger partial charge < -0.3 is 10.2 Å². The monoisotopic (exact) mass is 392 g/mol. The molecule has 0 bridgehead atoms. The Hall–Kier alpha value is -2.13. The van der Waals surface area contributed by atoms with Crippen molar-refractivity contribution in [1.82, 2.24) is 0 Å². The minimum atomic E-state index is -0.848. The van der Waals surface area contributed by atoms with E-state index in [-0.39, 0.29) is 5.41 Å². The van der Waals surface area contributed by atoms with Crippen LogP contribution < -0.4 is 0 Å². The van der Waals surface area contributed by atoms with Crippen LogP contribution in [-0.4, -0.2) is 21.8 Å². The van der Waals surface area contributed by atoms with Crippen molar-refractivity contribution in [3.8, 4) is 0 Å². The van der Waals surface area contributed by atoms with Crippen LogP contribution in [0.3, 0.4) is 0 Å². The molecule has 0 radical (unpaired) electrons. The lowest BCUT2D eigenvalue weighted by Gasteiger charge is -2.50. The van der Waals surface area contributed by atoms with E-state index in [2.05, 4.69) is 25.1 Å². The predicted octanol–water partition coefficient (Wildman–Crippen LogP) is 5.53. The topological polar surface area (TPSA) is 57.5 Å². The molecule has 0 saturated heterocycles. The fourth-order valence-corrected chi connectivity index (χ4v) is 6.15. The number of rotatable bonds is 5. The molecule has 2 aromatic rings. The lowest BCUT2D eigenvalue weighted by atomic mass is 9.55. The van der Waals surface area contributed by atoms with Gasteiger partial charge in [-0.2, -0.15) is 0 Å². The number of hydrogen-bond acceptors (Lipinski definition) is 2. The van der Waals surface area contributed by atoms with Gasteiger partial charge in [-0.15, -0.1) is 0 Å². The maximum atomic E-state index is 11.5. The summed E-state index contributed by atoms with van der Waals surface area (Å²) in [7, 11) is 0. The number of aliphatic hydroxyl groups is 1. The molecule has 3 atom stereocenters. The summed E-state index contributed by atoms with van der Waals surface area (Å²) in [5.41, 5.74) is 3.60. The molecule has 0 heterocycles. The van der Waals surface area contributed by atoms with Gasteiger partial charge >= 0.3 is 5.97 Å². The van der Waals surface area contributed by atoms with E-state index in [0.717, 1.165) is 57.8 Å². The first-order valence-electron chi connectivity index (χ1n) is 11.1. The van der Waals surface area contributed by atoms with Gasteiger partial charge in [-0.1, -0.05) is 49.7 Å². The highest BCUT2D eigenvalue weighted by molar-refractivity contribution is 5.88. The van der Waals surface area contributed by atoms with E-state index in [1.807, 2.05) is 24.3 Å². The summed E-state index contributed by atoms with van der Waals surface area (Å²) in [6.45, 7) is 2.24. The Morgan fingerprint density at radius 2 is 1.93 bits per heavy atom. The number of carboxylic acids is 1. The lowest BCUT2D eigenvalue weighted by Crippen LogP contribution is -2.48. The molecule has 29 heavy (non-hydrogen) atoms. The van der Waals surface area contributed by atoms with E-state index < -0.39 is 11.6 Å². The van der Waals surface area contributed by atoms with Crippen molar-refractivity contribution in [3.05, 3.63) is 70.8 Å². The summed E-state index contributed by atoms with van der Waals surface area (Å²) in [6, 6.07) is 16.1. The highest BCUT2D eigenvalue weighted by Crippen LogP contribution is 2.54. The lowest BCUT2D eigenvalue weighted by molar-refractivity contribution is -0.0488. The molecule has 0 unspecified atom stereocenters. The van der Waals surface area contributed by atoms with Crippen LogP contribution in [0.25, 0.3) is 0 Å². The van der Waals surface area contributed by atoms with E-state index >= 15 is 0 Å². The number of fused-ring (bicyclic) bond motifs is 3. The first kappa shape index (κ1) is 20.2. The van der Waals surface area contributed by atoms with Gasteiger partial charge in [-0.05, 0) is 85.1 Å². The van der Waals surface area contributed by atoms with E-state index in [9.17, 15) is 15.0 Å². The largest absolute Gasteiger partial charge is 0.478 e. The minimum absolute atomic E-state index is 0.0700. The van der Waals surface area contributed by atoms with Gasteiger partial charge in [0.2, 0.25) is 0 Å². The van der Waals surface area contributed by atoms with E-state index in [4.69, 9.17) is 0 Å². The second-order valence-electron chi connectivity index (χ2n) is 9.26. The second-order valence-corrected chi connectivity index (χ2v) is 9.26. The van der Waals surface area contributed by atoms with E-state index in [1.165, 1.54) is 16.7 Å². The molecule has 0 aliphatic heterocycles. The van der Waals surface area contributed by atoms with Crippen molar-refractivity contribution in [3.63, 3.8) is 0 Å². The fourth-order valence-electron chi connectivity index (χ4n) is 6.15. The molecule has 2 aliphatic carbocycles. The van der Waals surface area contributed by atoms with Crippen LogP contribution in [0.15, 0.2) is 48.5 Å². The number of hydrogen-bond donors (Lipinski definition) is 2. The van der Waals surface area contributed by atoms with Gasteiger partial charge in [0.15, 0.2) is 0 Å². The summed E-state index contributed by atoms with van der Waals surface area (Å²) < 4.78 is 0. The maximum Gasteiger partial charge on any atom is 0.335 e. The Kier molecular flexibility index (Phi) is 5.52. The van der Waals surface area contributed by atoms with Crippen LogP contribution in [0, 0.1) is 5.92 Å². The smallest absolute Gasteiger partial charge is 0.335 e. The van der Waals surface area contributed by atoms with Gasteiger partial charge in [0.05, 0.1) is 11.2 Å². The molecule has 0 spiro atoms. The number of carboxylic acid groups (broad SMARTS) is 1. The standard InChI is InChI=1S/C26H32O3/c1-2-13-26-15-14-25(29,17-19-7-4-3-5-8-19)18-22(26)10-6-9-20-16-21(24(27)28)11-12-23(20)26/h3-5,7-8,11-12,16,22,29H,2,6,9-10,13-15,17-18H2,1H3,(H,27,28)/t22-,25-,26+/m1/s1. The molecule has 154 valence electrons. The van der Waals surface area contributed by atoms with Gasteiger partial charge in [0.25, 0.3) is 0 Å². The number of aromatic carboxylic acids is 1. The molecule has 3 nitrogen and oxygen atoms in total. The Bertz CT molecular complexity index is 875. The highest BCUT2D eigenvalue weighted by Gasteiger charge is 2.50. The summed E-state index contributed by atoms with van der Waals surface area (Å²) >= 11 is 0. The summed E-state index contributed by atoms with van der Waals surface area (Å²) in [5, 5.41) is 21.0. The van der Waals surface area contributed by atoms with Crippen LogP contribution in [0.4, 0.5) is 0 Å². The van der Waals surface area contributed by atoms with Crippen molar-refractivity contribution in [2.75, 3.05) is 0 Å². The summed E-state index contributed by atoms with van der Waals surface area (Å²) in [6.07, 6.45) is 8.66. The van der Waals surface area contributed by atoms with Gasteiger partial charge in [0.1, 0.15) is 0 Å². The Morgan fingerprint density at radius 3 is 2.66 bits per heavy atom. The molecule has 2 N–H and O–H groups in total. The highest BCUT2D eigenvalue weighted by atomic mass is 16.4. The van der Waals surface area contributed by atoms with Crippen molar-refractivity contribution < 1.29 is 15.0 Å². The van der Waals surface area contributed by atoms with Crippen molar-refractivity contribution >= 4 is 5.97 Å². The van der Waals surface area contributed by atoms with Gasteiger partial charge in [0, 0.05) is 6.42 Å². The molecule has 1 saturated carbocycles. The SMILES string of the molecule is CCC[C@]12CC[C@@](O)(Cc3ccccc3)C[C@H]1CCCc1cc(C(=O)O)ccc12. The number of aryl methyl sites for hydroxylation is 1. The van der Waals surface area contributed by atoms with Crippen LogP contribution in [0.5, 0.6) is 0 Å². The minimum Gasteiger partial charge on any atom is -0.478 e. The Balaban J connectivity index is 1.68. The zero-order chi connectivity index (χ0) is 20.5. The van der Waals surface area contributed by atoms with Gasteiger partial charge in [-0.3, -0.25) is 0 Å². The molecule has 2 aliphatic rings. The second kappa shape index (κ2) is 7.95. The van der Waals surface area contributed by atoms with Gasteiger partial charge in [-0.25, -0.2) is 4.79 Å². The molecule has 4 rings (SSSR count). The number of carbonyl (C=O) groups is 1. The maximum absolute atomic E-state index is 11.5. The quantitative estimate of drug-likeness (QED) is 0.703. The molecular formula is C26H32O3. The third-order valence-electron chi connectivity index (χ3n) is 7.40. The normalized spacial score (nSPS) is 28.8. The van der Waals surface area contributed by atoms with Crippen molar-refractivity contribution in [1.29, 1.82) is 0 Å². The van der Waals surface area contributed by atoms with Crippen LogP contribution in [0.1, 0.15) is 78.9 Å². The fraction of sp³-hybridized carbons (Fsp3) is 0.500. The summed E-state index contributed by atoms with van der Waals surface area (Å²) in [5.74, 6) is -0.402. The third kappa shape index (κ3) is 3.85. The van der Waals surface area contributed by atoms with Crippen molar-refractivity contribution in [2.24, 2.45) is 5.92 Å². The first-order chi connectivity index (χ1) is 14.0. The zero-order valence-corrected chi connectivity index (χ0v) is 17.4. The van der Waals surface area contributed by atoms with Crippen molar-refractivity contribution in [2.45, 2.75) is 75.7 Å². The van der Waals surface area contributed by atoms with E-state index in [0.29, 0.717) is 11.5 Å². The first-order valence-corrected chi connectivity index (χ1v) is 11.1. The van der Waals surface area contributed by atoms with Crippen LogP contribution >= 0.6 is 0 Å². The predicted molar refractivity (Wildman–Crippen MR) is 115 cm³/mol. The third-order valence-corrected chi connectivity index (χ3v) is 7.40. The zero-order valence-electron chi connectivity index (χ0n) is 17.4. The average Bonchev–Trinajstić information content (AvgIpc) is 2.85. The molecule has 1 fully saturated rings. The Morgan fingerprint density at radius 1 is 1.14 bits per heavy atom. The molecule has 0 amide bonds. The summed E-state index contributed by atoms with van der Waals surface area (Å²) in [4.78, 5) is 11.5. The molecule has 0 aromatic heterocycles. The number of benzene rings is 2. The molecule has 2 aromatic carbocycles. The molecular weight excluding hydrogens is 360 g/mol. The Labute approximate surface area is 173 Å². The van der Waals surface area contributed by atoms with Crippen LogP contribution in [0.2, 0.25) is 0 Å². The van der Waals surface area contributed by atoms with Crippen LogP contribution in [-0.2, 0) is 18.3 Å². The van der Waals surface area contributed by atoms with E-state index in [1.54, 1.807) is 6.07 Å².